The van der Waals surface area contributed by atoms with Gasteiger partial charge in [-0.1, -0.05) is 68.4 Å². The Morgan fingerprint density at radius 2 is 1.35 bits per heavy atom. The molecule has 0 fully saturated rings. The Morgan fingerprint density at radius 1 is 0.846 bits per heavy atom. The summed E-state index contributed by atoms with van der Waals surface area (Å²) in [7, 11) is 0. The van der Waals surface area contributed by atoms with Crippen molar-refractivity contribution in [3.63, 3.8) is 0 Å². The van der Waals surface area contributed by atoms with Crippen LogP contribution >= 0.6 is 0 Å². The van der Waals surface area contributed by atoms with E-state index in [0.29, 0.717) is 12.8 Å². The zero-order valence-corrected chi connectivity index (χ0v) is 16.1. The van der Waals surface area contributed by atoms with Crippen molar-refractivity contribution >= 4 is 5.78 Å². The molecular formula is C22H35F2NO. The number of alkyl halides is 2. The normalized spacial score (nSPS) is 13.9. The molecule has 0 rings (SSSR count). The molecule has 0 bridgehead atoms. The molecule has 1 unspecified atom stereocenters. The first-order valence-corrected chi connectivity index (χ1v) is 9.75. The second-order valence-corrected chi connectivity index (χ2v) is 6.30. The van der Waals surface area contributed by atoms with Crippen molar-refractivity contribution in [3.8, 4) is 0 Å². The van der Waals surface area contributed by atoms with Crippen molar-refractivity contribution < 1.29 is 13.6 Å². The van der Waals surface area contributed by atoms with Crippen LogP contribution in [0.4, 0.5) is 8.78 Å². The highest BCUT2D eigenvalue weighted by Crippen LogP contribution is 2.12. The predicted octanol–water partition coefficient (Wildman–Crippen LogP) is 6.15. The zero-order valence-electron chi connectivity index (χ0n) is 16.1. The van der Waals surface area contributed by atoms with Gasteiger partial charge in [0.1, 0.15) is 0 Å². The van der Waals surface area contributed by atoms with Crippen LogP contribution in [0.25, 0.3) is 0 Å². The molecule has 0 aliphatic carbocycles. The number of carbonyl (C=O) groups is 1. The Kier molecular flexibility index (Phi) is 17.2. The van der Waals surface area contributed by atoms with E-state index in [1.54, 1.807) is 0 Å². The maximum absolute atomic E-state index is 12.3. The molecule has 0 saturated heterocycles. The molecule has 0 aliphatic heterocycles. The van der Waals surface area contributed by atoms with Crippen molar-refractivity contribution in [3.05, 3.63) is 48.6 Å². The van der Waals surface area contributed by atoms with E-state index in [0.717, 1.165) is 19.3 Å². The molecule has 0 spiro atoms. The standard InChI is InChI=1S/C22H35F2NO/c1-2-3-4-5-6-7-8-9-10-11-12-13-14-15-16-17-18-20(19-25)21(26)22(23)24/h6-7,9-10,12-13,15-16,20,22H,2-5,8,11,14,17-19,25H2,1H3/b7-6-,10-9-,13-12-,16-15-. The summed E-state index contributed by atoms with van der Waals surface area (Å²) in [6.07, 6.45) is 22.7. The molecule has 0 aromatic heterocycles. The molecule has 0 saturated carbocycles. The largest absolute Gasteiger partial charge is 0.330 e. The average molecular weight is 368 g/mol. The average Bonchev–Trinajstić information content (AvgIpc) is 2.64. The fourth-order valence-electron chi connectivity index (χ4n) is 2.41. The minimum absolute atomic E-state index is 0.0167. The number of unbranched alkanes of at least 4 members (excludes halogenated alkanes) is 3. The third-order valence-electron chi connectivity index (χ3n) is 4.04. The Hall–Kier alpha value is -1.55. The van der Waals surface area contributed by atoms with E-state index in [1.165, 1.54) is 25.7 Å². The molecule has 0 aromatic carbocycles. The number of halogens is 2. The molecule has 0 amide bonds. The molecule has 148 valence electrons. The molecule has 1 atom stereocenters. The summed E-state index contributed by atoms with van der Waals surface area (Å²) in [4.78, 5) is 11.2. The molecule has 0 aliphatic rings. The highest BCUT2D eigenvalue weighted by atomic mass is 19.3. The second kappa shape index (κ2) is 18.2. The van der Waals surface area contributed by atoms with E-state index < -0.39 is 18.1 Å². The number of nitrogens with two attached hydrogens (primary N) is 1. The van der Waals surface area contributed by atoms with Crippen molar-refractivity contribution in [2.24, 2.45) is 11.7 Å². The molecule has 2 nitrogen and oxygen atoms in total. The molecule has 0 aromatic rings. The third-order valence-corrected chi connectivity index (χ3v) is 4.04. The van der Waals surface area contributed by atoms with Gasteiger partial charge in [0.2, 0.25) is 5.78 Å². The maximum Gasteiger partial charge on any atom is 0.296 e. The van der Waals surface area contributed by atoms with E-state index in [-0.39, 0.29) is 6.54 Å². The third kappa shape index (κ3) is 14.8. The van der Waals surface area contributed by atoms with E-state index >= 15 is 0 Å². The number of carbonyl (C=O) groups excluding carboxylic acids is 1. The lowest BCUT2D eigenvalue weighted by atomic mass is 9.98. The first-order chi connectivity index (χ1) is 12.6. The summed E-state index contributed by atoms with van der Waals surface area (Å²) in [6, 6.07) is 0. The Bertz CT molecular complexity index is 453. The van der Waals surface area contributed by atoms with Crippen LogP contribution in [0.3, 0.4) is 0 Å². The molecule has 4 heteroatoms. The summed E-state index contributed by atoms with van der Waals surface area (Å²) < 4.78 is 24.7. The van der Waals surface area contributed by atoms with Gasteiger partial charge in [-0.3, -0.25) is 4.79 Å². The van der Waals surface area contributed by atoms with Crippen LogP contribution in [0.2, 0.25) is 0 Å². The van der Waals surface area contributed by atoms with Crippen LogP contribution in [-0.4, -0.2) is 18.8 Å². The maximum atomic E-state index is 12.3. The van der Waals surface area contributed by atoms with Gasteiger partial charge < -0.3 is 5.73 Å². The summed E-state index contributed by atoms with van der Waals surface area (Å²) in [5.41, 5.74) is 5.38. The van der Waals surface area contributed by atoms with E-state index in [9.17, 15) is 13.6 Å². The van der Waals surface area contributed by atoms with E-state index in [1.807, 2.05) is 12.2 Å². The van der Waals surface area contributed by atoms with Gasteiger partial charge in [0.15, 0.2) is 0 Å². The summed E-state index contributed by atoms with van der Waals surface area (Å²) in [6.45, 7) is 2.20. The number of Topliss-reactive ketones (excluding diaryl/α,β-unsaturated/α-hetero) is 1. The molecule has 26 heavy (non-hydrogen) atoms. The molecular weight excluding hydrogens is 332 g/mol. The van der Waals surface area contributed by atoms with Gasteiger partial charge in [-0.15, -0.1) is 0 Å². The van der Waals surface area contributed by atoms with Crippen LogP contribution in [-0.2, 0) is 4.79 Å². The molecule has 0 heterocycles. The lowest BCUT2D eigenvalue weighted by Crippen LogP contribution is -2.28. The van der Waals surface area contributed by atoms with Crippen molar-refractivity contribution in [2.75, 3.05) is 6.54 Å². The second-order valence-electron chi connectivity index (χ2n) is 6.30. The van der Waals surface area contributed by atoms with Gasteiger partial charge >= 0.3 is 0 Å². The van der Waals surface area contributed by atoms with E-state index in [4.69, 9.17) is 5.73 Å². The van der Waals surface area contributed by atoms with Crippen LogP contribution in [0.5, 0.6) is 0 Å². The summed E-state index contributed by atoms with van der Waals surface area (Å²) >= 11 is 0. The fraction of sp³-hybridized carbons (Fsp3) is 0.591. The topological polar surface area (TPSA) is 43.1 Å². The minimum Gasteiger partial charge on any atom is -0.330 e. The van der Waals surface area contributed by atoms with Gasteiger partial charge in [0.05, 0.1) is 0 Å². The SMILES string of the molecule is CCCCC/C=C\C/C=C\C/C=C\C/C=C\CCC(CN)C(=O)C(F)F. The first-order valence-electron chi connectivity index (χ1n) is 9.75. The Balaban J connectivity index is 3.69. The fourth-order valence-corrected chi connectivity index (χ4v) is 2.41. The Morgan fingerprint density at radius 3 is 1.81 bits per heavy atom. The summed E-state index contributed by atoms with van der Waals surface area (Å²) in [5, 5.41) is 0. The highest BCUT2D eigenvalue weighted by Gasteiger charge is 2.24. The van der Waals surface area contributed by atoms with Crippen molar-refractivity contribution in [2.45, 2.75) is 71.1 Å². The van der Waals surface area contributed by atoms with Crippen LogP contribution in [0, 0.1) is 5.92 Å². The van der Waals surface area contributed by atoms with Crippen molar-refractivity contribution in [1.82, 2.24) is 0 Å². The van der Waals surface area contributed by atoms with Gasteiger partial charge in [0, 0.05) is 12.5 Å². The highest BCUT2D eigenvalue weighted by molar-refractivity contribution is 5.84. The quantitative estimate of drug-likeness (QED) is 0.262. The number of allylic oxidation sites excluding steroid dienone is 8. The lowest BCUT2D eigenvalue weighted by molar-refractivity contribution is -0.133. The van der Waals surface area contributed by atoms with Crippen LogP contribution < -0.4 is 5.73 Å². The Labute approximate surface area is 157 Å². The zero-order chi connectivity index (χ0) is 19.5. The predicted molar refractivity (Wildman–Crippen MR) is 107 cm³/mol. The summed E-state index contributed by atoms with van der Waals surface area (Å²) in [5.74, 6) is -1.77. The van der Waals surface area contributed by atoms with Gasteiger partial charge in [-0.2, -0.15) is 0 Å². The lowest BCUT2D eigenvalue weighted by Gasteiger charge is -2.10. The van der Waals surface area contributed by atoms with Gasteiger partial charge in [-0.05, 0) is 44.9 Å². The van der Waals surface area contributed by atoms with Gasteiger partial charge in [0.25, 0.3) is 6.43 Å². The van der Waals surface area contributed by atoms with E-state index in [2.05, 4.69) is 43.4 Å². The first kappa shape index (κ1) is 24.5. The minimum atomic E-state index is -2.92. The number of hydrogen-bond acceptors (Lipinski definition) is 2. The van der Waals surface area contributed by atoms with Crippen molar-refractivity contribution in [1.29, 1.82) is 0 Å². The van der Waals surface area contributed by atoms with Crippen LogP contribution in [0.15, 0.2) is 48.6 Å². The van der Waals surface area contributed by atoms with Crippen LogP contribution in [0.1, 0.15) is 64.7 Å². The number of rotatable bonds is 16. The monoisotopic (exact) mass is 367 g/mol. The smallest absolute Gasteiger partial charge is 0.296 e. The molecule has 0 radical (unpaired) electrons. The number of hydrogen-bond donors (Lipinski definition) is 1. The van der Waals surface area contributed by atoms with Gasteiger partial charge in [-0.25, -0.2) is 8.78 Å². The molecule has 2 N–H and O–H groups in total. The number of ketones is 1.